The number of aromatic nitrogens is 1. The minimum absolute atomic E-state index is 0.182. The molecule has 0 atom stereocenters. The summed E-state index contributed by atoms with van der Waals surface area (Å²) in [6.45, 7) is 9.49. The molecule has 0 unspecified atom stereocenters. The second-order valence-electron chi connectivity index (χ2n) is 7.18. The Morgan fingerprint density at radius 3 is 2.44 bits per heavy atom. The molecule has 2 heterocycles. The Kier molecular flexibility index (Phi) is 5.59. The van der Waals surface area contributed by atoms with Gasteiger partial charge in [0.05, 0.1) is 0 Å². The molecule has 0 N–H and O–H groups in total. The van der Waals surface area contributed by atoms with Gasteiger partial charge in [0.2, 0.25) is 5.78 Å². The lowest BCUT2D eigenvalue weighted by Crippen LogP contribution is -2.23. The fourth-order valence-corrected chi connectivity index (χ4v) is 3.53. The Bertz CT molecular complexity index is 883. The van der Waals surface area contributed by atoms with Crippen molar-refractivity contribution in [2.75, 3.05) is 24.6 Å². The van der Waals surface area contributed by atoms with Crippen molar-refractivity contribution in [1.29, 1.82) is 0 Å². The van der Waals surface area contributed by atoms with Crippen LogP contribution in [0, 0.1) is 27.7 Å². The molecule has 0 amide bonds. The molecule has 3 rings (SSSR count). The summed E-state index contributed by atoms with van der Waals surface area (Å²) in [5.41, 5.74) is 5.34. The lowest BCUT2D eigenvalue weighted by atomic mass is 9.93. The number of pyridine rings is 1. The molecule has 1 aromatic heterocycles. The molecule has 142 valence electrons. The van der Waals surface area contributed by atoms with Crippen molar-refractivity contribution in [2.45, 2.75) is 40.5 Å². The Morgan fingerprint density at radius 1 is 1.04 bits per heavy atom. The van der Waals surface area contributed by atoms with Gasteiger partial charge in [-0.25, -0.2) is 9.78 Å². The van der Waals surface area contributed by atoms with Gasteiger partial charge in [0.1, 0.15) is 11.4 Å². The van der Waals surface area contributed by atoms with Crippen molar-refractivity contribution in [3.05, 3.63) is 57.8 Å². The van der Waals surface area contributed by atoms with Gasteiger partial charge in [-0.15, -0.1) is 0 Å². The summed E-state index contributed by atoms with van der Waals surface area (Å²) in [7, 11) is 0. The minimum atomic E-state index is -0.503. The Morgan fingerprint density at radius 2 is 1.74 bits per heavy atom. The summed E-state index contributed by atoms with van der Waals surface area (Å²) in [5, 5.41) is 0. The van der Waals surface area contributed by atoms with E-state index in [0.29, 0.717) is 16.9 Å². The van der Waals surface area contributed by atoms with Gasteiger partial charge in [0.25, 0.3) is 0 Å². The molecule has 1 saturated heterocycles. The van der Waals surface area contributed by atoms with E-state index in [1.54, 1.807) is 18.3 Å². The monoisotopic (exact) mass is 366 g/mol. The van der Waals surface area contributed by atoms with Crippen LogP contribution in [0.2, 0.25) is 0 Å². The summed E-state index contributed by atoms with van der Waals surface area (Å²) in [5.74, 6) is -0.0409. The molecule has 0 bridgehead atoms. The third-order valence-corrected chi connectivity index (χ3v) is 5.53. The fraction of sp³-hybridized carbons (Fsp3) is 0.409. The summed E-state index contributed by atoms with van der Waals surface area (Å²) in [6.07, 6.45) is 3.86. The number of Topliss-reactive ketones (excluding diaryl/α,β-unsaturated/α-hetero) is 1. The number of hydrogen-bond acceptors (Lipinski definition) is 5. The number of hydrogen-bond donors (Lipinski definition) is 0. The topological polar surface area (TPSA) is 59.5 Å². The highest BCUT2D eigenvalue weighted by molar-refractivity contribution is 6.01. The predicted molar refractivity (Wildman–Crippen MR) is 106 cm³/mol. The third kappa shape index (κ3) is 3.87. The number of rotatable bonds is 5. The molecule has 1 fully saturated rings. The van der Waals surface area contributed by atoms with E-state index < -0.39 is 5.97 Å². The molecule has 0 saturated carbocycles. The highest BCUT2D eigenvalue weighted by Gasteiger charge is 2.22. The Labute approximate surface area is 160 Å². The number of esters is 1. The second kappa shape index (κ2) is 7.91. The standard InChI is InChI=1S/C22H26N2O3/c1-14-12-19(17(4)16(3)15(14)2)20(25)13-27-22(26)18-8-7-9-23-21(18)24-10-5-6-11-24/h7-9,12H,5-6,10-11,13H2,1-4H3. The van der Waals surface area contributed by atoms with Crippen molar-refractivity contribution in [3.63, 3.8) is 0 Å². The Hall–Kier alpha value is -2.69. The van der Waals surface area contributed by atoms with E-state index in [0.717, 1.165) is 42.6 Å². The fourth-order valence-electron chi connectivity index (χ4n) is 3.53. The SMILES string of the molecule is Cc1cc(C(=O)COC(=O)c2cccnc2N2CCCC2)c(C)c(C)c1C. The van der Waals surface area contributed by atoms with Crippen molar-refractivity contribution in [2.24, 2.45) is 0 Å². The highest BCUT2D eigenvalue weighted by Crippen LogP contribution is 2.24. The third-order valence-electron chi connectivity index (χ3n) is 5.53. The van der Waals surface area contributed by atoms with E-state index in [1.807, 2.05) is 33.8 Å². The van der Waals surface area contributed by atoms with Crippen molar-refractivity contribution >= 4 is 17.6 Å². The molecule has 0 spiro atoms. The molecular weight excluding hydrogens is 340 g/mol. The zero-order chi connectivity index (χ0) is 19.6. The highest BCUT2D eigenvalue weighted by atomic mass is 16.5. The maximum absolute atomic E-state index is 12.7. The molecule has 5 nitrogen and oxygen atoms in total. The maximum atomic E-state index is 12.7. The molecule has 1 aliphatic heterocycles. The van der Waals surface area contributed by atoms with Gasteiger partial charge in [-0.3, -0.25) is 4.79 Å². The van der Waals surface area contributed by atoms with E-state index in [4.69, 9.17) is 4.74 Å². The summed E-state index contributed by atoms with van der Waals surface area (Å²) < 4.78 is 5.35. The number of carbonyl (C=O) groups is 2. The first-order valence-electron chi connectivity index (χ1n) is 9.38. The second-order valence-corrected chi connectivity index (χ2v) is 7.18. The Balaban J connectivity index is 1.74. The average Bonchev–Trinajstić information content (AvgIpc) is 3.21. The van der Waals surface area contributed by atoms with E-state index in [1.165, 1.54) is 5.56 Å². The van der Waals surface area contributed by atoms with Gasteiger partial charge < -0.3 is 9.64 Å². The number of aryl methyl sites for hydroxylation is 1. The number of benzene rings is 1. The van der Waals surface area contributed by atoms with E-state index in [2.05, 4.69) is 9.88 Å². The van der Waals surface area contributed by atoms with Crippen LogP contribution in [0.1, 0.15) is 55.8 Å². The predicted octanol–water partition coefficient (Wildman–Crippen LogP) is 3.96. The largest absolute Gasteiger partial charge is 0.454 e. The van der Waals surface area contributed by atoms with Gasteiger partial charge in [-0.05, 0) is 81.0 Å². The average molecular weight is 366 g/mol. The molecule has 27 heavy (non-hydrogen) atoms. The smallest absolute Gasteiger partial charge is 0.342 e. The van der Waals surface area contributed by atoms with Crippen molar-refractivity contribution in [3.8, 4) is 0 Å². The minimum Gasteiger partial charge on any atom is -0.454 e. The summed E-state index contributed by atoms with van der Waals surface area (Å²) in [4.78, 5) is 31.7. The number of ketones is 1. The van der Waals surface area contributed by atoms with Crippen LogP contribution in [-0.4, -0.2) is 36.4 Å². The molecule has 1 aliphatic rings. The van der Waals surface area contributed by atoms with Crippen LogP contribution in [0.4, 0.5) is 5.82 Å². The van der Waals surface area contributed by atoms with Gasteiger partial charge in [-0.2, -0.15) is 0 Å². The van der Waals surface area contributed by atoms with E-state index >= 15 is 0 Å². The molecule has 1 aromatic carbocycles. The first kappa shape index (κ1) is 19.1. The van der Waals surface area contributed by atoms with Crippen LogP contribution in [0.5, 0.6) is 0 Å². The first-order chi connectivity index (χ1) is 12.9. The molecule has 0 radical (unpaired) electrons. The van der Waals surface area contributed by atoms with Gasteiger partial charge in [0.15, 0.2) is 6.61 Å². The molecule has 5 heteroatoms. The van der Waals surface area contributed by atoms with Gasteiger partial charge >= 0.3 is 5.97 Å². The van der Waals surface area contributed by atoms with Crippen LogP contribution in [0.15, 0.2) is 24.4 Å². The van der Waals surface area contributed by atoms with Gasteiger partial charge in [0, 0.05) is 24.8 Å². The van der Waals surface area contributed by atoms with Crippen molar-refractivity contribution < 1.29 is 14.3 Å². The number of carbonyl (C=O) groups excluding carboxylic acids is 2. The molecule has 0 aliphatic carbocycles. The lowest BCUT2D eigenvalue weighted by Gasteiger charge is -2.19. The van der Waals surface area contributed by atoms with Crippen LogP contribution in [0.25, 0.3) is 0 Å². The van der Waals surface area contributed by atoms with Crippen molar-refractivity contribution in [1.82, 2.24) is 4.98 Å². The first-order valence-corrected chi connectivity index (χ1v) is 9.38. The summed E-state index contributed by atoms with van der Waals surface area (Å²) >= 11 is 0. The van der Waals surface area contributed by atoms with E-state index in [9.17, 15) is 9.59 Å². The zero-order valence-corrected chi connectivity index (χ0v) is 16.5. The normalized spacial score (nSPS) is 13.7. The maximum Gasteiger partial charge on any atom is 0.342 e. The van der Waals surface area contributed by atoms with Crippen LogP contribution in [0.3, 0.4) is 0 Å². The number of nitrogens with zero attached hydrogens (tertiary/aromatic N) is 2. The zero-order valence-electron chi connectivity index (χ0n) is 16.5. The van der Waals surface area contributed by atoms with Crippen LogP contribution >= 0.6 is 0 Å². The summed E-state index contributed by atoms with van der Waals surface area (Å²) in [6, 6.07) is 5.31. The molecular formula is C22H26N2O3. The van der Waals surface area contributed by atoms with E-state index in [-0.39, 0.29) is 12.4 Å². The number of anilines is 1. The van der Waals surface area contributed by atoms with Gasteiger partial charge in [-0.1, -0.05) is 0 Å². The van der Waals surface area contributed by atoms with Crippen LogP contribution in [-0.2, 0) is 4.74 Å². The quantitative estimate of drug-likeness (QED) is 0.592. The lowest BCUT2D eigenvalue weighted by molar-refractivity contribution is 0.0475. The van der Waals surface area contributed by atoms with Crippen LogP contribution < -0.4 is 4.90 Å². The number of ether oxygens (including phenoxy) is 1. The molecule has 2 aromatic rings.